The zero-order valence-electron chi connectivity index (χ0n) is 8.34. The predicted molar refractivity (Wildman–Crippen MR) is 48.5 cm³/mol. The lowest BCUT2D eigenvalue weighted by Gasteiger charge is -2.32. The smallest absolute Gasteiger partial charge is 0.310 e. The van der Waals surface area contributed by atoms with E-state index in [1.54, 1.807) is 0 Å². The minimum atomic E-state index is -0.470. The second-order valence-electron chi connectivity index (χ2n) is 4.99. The van der Waals surface area contributed by atoms with E-state index in [9.17, 15) is 9.59 Å². The molecule has 0 amide bonds. The fourth-order valence-corrected chi connectivity index (χ4v) is 3.83. The van der Waals surface area contributed by atoms with E-state index in [0.717, 1.165) is 25.7 Å². The van der Waals surface area contributed by atoms with Gasteiger partial charge in [0.05, 0.1) is 11.3 Å². The number of hydrogen-bond acceptors (Lipinski definition) is 3. The molecule has 0 aromatic heterocycles. The Bertz CT molecular complexity index is 335. The summed E-state index contributed by atoms with van der Waals surface area (Å²) in [5, 5.41) is 0. The molecule has 3 atom stereocenters. The van der Waals surface area contributed by atoms with Crippen LogP contribution in [-0.2, 0) is 14.3 Å². The van der Waals surface area contributed by atoms with Gasteiger partial charge in [0.15, 0.2) is 0 Å². The first kappa shape index (κ1) is 8.45. The number of ether oxygens (including phenoxy) is 1. The Balaban J connectivity index is 2.16. The molecule has 2 saturated carbocycles. The van der Waals surface area contributed by atoms with Crippen LogP contribution in [0, 0.1) is 11.3 Å². The van der Waals surface area contributed by atoms with Gasteiger partial charge in [-0.2, -0.15) is 0 Å². The van der Waals surface area contributed by atoms with Crippen LogP contribution in [-0.4, -0.2) is 17.4 Å². The molecule has 1 spiro atoms. The molecular formula is C11H14O3. The Morgan fingerprint density at radius 3 is 2.57 bits per heavy atom. The first-order chi connectivity index (χ1) is 6.60. The van der Waals surface area contributed by atoms with Crippen molar-refractivity contribution in [2.75, 3.05) is 0 Å². The number of rotatable bonds is 0. The van der Waals surface area contributed by atoms with Crippen LogP contribution in [0.25, 0.3) is 0 Å². The molecule has 3 rings (SSSR count). The van der Waals surface area contributed by atoms with Crippen molar-refractivity contribution < 1.29 is 14.3 Å². The first-order valence-corrected chi connectivity index (χ1v) is 5.36. The average molecular weight is 194 g/mol. The van der Waals surface area contributed by atoms with Gasteiger partial charge in [0.25, 0.3) is 0 Å². The highest BCUT2D eigenvalue weighted by Crippen LogP contribution is 2.63. The normalized spacial score (nSPS) is 50.5. The summed E-state index contributed by atoms with van der Waals surface area (Å²) in [5.41, 5.74) is -0.896. The number of ketones is 1. The number of Topliss-reactive ketones (excluding diaryl/α,β-unsaturated/α-hetero) is 1. The van der Waals surface area contributed by atoms with Crippen LogP contribution in [0.4, 0.5) is 0 Å². The lowest BCUT2D eigenvalue weighted by atomic mass is 9.70. The van der Waals surface area contributed by atoms with Gasteiger partial charge < -0.3 is 4.74 Å². The van der Waals surface area contributed by atoms with Crippen molar-refractivity contribution in [3.8, 4) is 0 Å². The van der Waals surface area contributed by atoms with Gasteiger partial charge in [0.2, 0.25) is 0 Å². The maximum atomic E-state index is 12.0. The van der Waals surface area contributed by atoms with E-state index >= 15 is 0 Å². The van der Waals surface area contributed by atoms with Crippen LogP contribution >= 0.6 is 0 Å². The monoisotopic (exact) mass is 194 g/mol. The lowest BCUT2D eigenvalue weighted by Crippen LogP contribution is -2.43. The summed E-state index contributed by atoms with van der Waals surface area (Å²) in [5.74, 6) is 0.0184. The van der Waals surface area contributed by atoms with Crippen LogP contribution in [0.5, 0.6) is 0 Å². The van der Waals surface area contributed by atoms with Gasteiger partial charge in [0.1, 0.15) is 11.4 Å². The molecule has 1 heterocycles. The van der Waals surface area contributed by atoms with Gasteiger partial charge in [-0.25, -0.2) is 0 Å². The molecule has 0 aromatic carbocycles. The van der Waals surface area contributed by atoms with Gasteiger partial charge in [-0.15, -0.1) is 0 Å². The standard InChI is InChI=1S/C11H14O3/c1-10-6-4-7(9(13)14-10)11(10)5-2-3-8(11)12/h7H,2-6H2,1H3/t7-,10-,11-/m1/s1. The molecule has 0 aromatic rings. The second kappa shape index (κ2) is 2.20. The van der Waals surface area contributed by atoms with E-state index in [-0.39, 0.29) is 17.7 Å². The molecule has 2 aliphatic carbocycles. The topological polar surface area (TPSA) is 43.4 Å². The summed E-state index contributed by atoms with van der Waals surface area (Å²) in [6.45, 7) is 1.95. The van der Waals surface area contributed by atoms with E-state index in [1.165, 1.54) is 0 Å². The molecule has 2 bridgehead atoms. The Hall–Kier alpha value is -0.860. The Morgan fingerprint density at radius 2 is 2.14 bits per heavy atom. The molecule has 76 valence electrons. The minimum absolute atomic E-state index is 0.123. The second-order valence-corrected chi connectivity index (χ2v) is 4.99. The third-order valence-corrected chi connectivity index (χ3v) is 4.53. The molecule has 0 radical (unpaired) electrons. The van der Waals surface area contributed by atoms with Crippen LogP contribution in [0.1, 0.15) is 39.0 Å². The Labute approximate surface area is 82.8 Å². The maximum Gasteiger partial charge on any atom is 0.310 e. The summed E-state index contributed by atoms with van der Waals surface area (Å²) >= 11 is 0. The van der Waals surface area contributed by atoms with Crippen LogP contribution in [0.15, 0.2) is 0 Å². The van der Waals surface area contributed by atoms with Gasteiger partial charge in [-0.3, -0.25) is 9.59 Å². The number of esters is 1. The fraction of sp³-hybridized carbons (Fsp3) is 0.818. The van der Waals surface area contributed by atoms with Crippen molar-refractivity contribution in [3.63, 3.8) is 0 Å². The van der Waals surface area contributed by atoms with Crippen molar-refractivity contribution in [1.29, 1.82) is 0 Å². The van der Waals surface area contributed by atoms with Crippen molar-refractivity contribution in [1.82, 2.24) is 0 Å². The number of hydrogen-bond donors (Lipinski definition) is 0. The largest absolute Gasteiger partial charge is 0.458 e. The van der Waals surface area contributed by atoms with Gasteiger partial charge in [-0.1, -0.05) is 0 Å². The number of carbonyl (C=O) groups is 2. The summed E-state index contributed by atoms with van der Waals surface area (Å²) in [4.78, 5) is 23.6. The zero-order chi connectivity index (χ0) is 9.97. The predicted octanol–water partition coefficient (Wildman–Crippen LogP) is 1.45. The van der Waals surface area contributed by atoms with Crippen molar-refractivity contribution in [3.05, 3.63) is 0 Å². The molecule has 1 aliphatic heterocycles. The molecule has 3 heteroatoms. The molecular weight excluding hydrogens is 180 g/mol. The van der Waals surface area contributed by atoms with E-state index in [2.05, 4.69) is 0 Å². The molecule has 3 nitrogen and oxygen atoms in total. The summed E-state index contributed by atoms with van der Waals surface area (Å²) in [7, 11) is 0. The summed E-state index contributed by atoms with van der Waals surface area (Å²) < 4.78 is 5.40. The van der Waals surface area contributed by atoms with Gasteiger partial charge >= 0.3 is 5.97 Å². The highest BCUT2D eigenvalue weighted by molar-refractivity contribution is 5.96. The molecule has 1 saturated heterocycles. The van der Waals surface area contributed by atoms with Gasteiger partial charge in [-0.05, 0) is 32.6 Å². The lowest BCUT2D eigenvalue weighted by molar-refractivity contribution is -0.155. The van der Waals surface area contributed by atoms with Crippen LogP contribution in [0.3, 0.4) is 0 Å². The van der Waals surface area contributed by atoms with E-state index < -0.39 is 11.0 Å². The fourth-order valence-electron chi connectivity index (χ4n) is 3.83. The summed E-state index contributed by atoms with van der Waals surface area (Å²) in [6, 6.07) is 0. The molecule has 14 heavy (non-hydrogen) atoms. The highest BCUT2D eigenvalue weighted by atomic mass is 16.6. The van der Waals surface area contributed by atoms with E-state index in [4.69, 9.17) is 4.74 Å². The average Bonchev–Trinajstić information content (AvgIpc) is 2.66. The molecule has 3 aliphatic rings. The SMILES string of the molecule is C[C@]12CC[C@H](C(=O)O1)[C@@]21CCCC1=O. The third-order valence-electron chi connectivity index (χ3n) is 4.53. The molecule has 0 N–H and O–H groups in total. The quantitative estimate of drug-likeness (QED) is 0.548. The summed E-state index contributed by atoms with van der Waals surface area (Å²) in [6.07, 6.45) is 4.15. The highest BCUT2D eigenvalue weighted by Gasteiger charge is 2.72. The van der Waals surface area contributed by atoms with Crippen LogP contribution < -0.4 is 0 Å². The first-order valence-electron chi connectivity index (χ1n) is 5.36. The van der Waals surface area contributed by atoms with Crippen molar-refractivity contribution in [2.45, 2.75) is 44.6 Å². The third kappa shape index (κ3) is 0.645. The van der Waals surface area contributed by atoms with E-state index in [0.29, 0.717) is 6.42 Å². The van der Waals surface area contributed by atoms with Gasteiger partial charge in [0, 0.05) is 6.42 Å². The Kier molecular flexibility index (Phi) is 1.33. The number of carbonyl (C=O) groups excluding carboxylic acids is 2. The van der Waals surface area contributed by atoms with E-state index in [1.807, 2.05) is 6.92 Å². The minimum Gasteiger partial charge on any atom is -0.458 e. The van der Waals surface area contributed by atoms with Crippen molar-refractivity contribution in [2.24, 2.45) is 11.3 Å². The molecule has 0 unspecified atom stereocenters. The Morgan fingerprint density at radius 1 is 1.36 bits per heavy atom. The maximum absolute atomic E-state index is 12.0. The zero-order valence-corrected chi connectivity index (χ0v) is 8.34. The van der Waals surface area contributed by atoms with Crippen molar-refractivity contribution >= 4 is 11.8 Å². The molecule has 3 fully saturated rings. The van der Waals surface area contributed by atoms with Crippen LogP contribution in [0.2, 0.25) is 0 Å².